The number of ether oxygens (including phenoxy) is 1. The van der Waals surface area contributed by atoms with Gasteiger partial charge in [-0.2, -0.15) is 10.4 Å². The maximum absolute atomic E-state index is 10.9. The summed E-state index contributed by atoms with van der Waals surface area (Å²) in [7, 11) is 0. The minimum Gasteiger partial charge on any atom is -0.464 e. The van der Waals surface area contributed by atoms with Crippen LogP contribution in [0, 0.1) is 21.4 Å². The van der Waals surface area contributed by atoms with Gasteiger partial charge in [-0.05, 0) is 30.3 Å². The predicted octanol–water partition coefficient (Wildman–Crippen LogP) is 4.95. The van der Waals surface area contributed by atoms with E-state index in [1.165, 1.54) is 25.1 Å². The van der Waals surface area contributed by atoms with Crippen molar-refractivity contribution in [3.8, 4) is 6.07 Å². The molecule has 2 aromatic rings. The van der Waals surface area contributed by atoms with Crippen molar-refractivity contribution in [3.63, 3.8) is 0 Å². The summed E-state index contributed by atoms with van der Waals surface area (Å²) in [5, 5.41) is 27.8. The average molecular weight is 416 g/mol. The van der Waals surface area contributed by atoms with Gasteiger partial charge in [-0.1, -0.05) is 11.6 Å². The second-order valence-electron chi connectivity index (χ2n) is 5.84. The van der Waals surface area contributed by atoms with E-state index in [9.17, 15) is 14.9 Å². The van der Waals surface area contributed by atoms with Gasteiger partial charge in [0, 0.05) is 31.3 Å². The van der Waals surface area contributed by atoms with Crippen LogP contribution in [0.1, 0.15) is 13.3 Å². The molecule has 0 aromatic heterocycles. The number of anilines is 1. The summed E-state index contributed by atoms with van der Waals surface area (Å²) in [6, 6.07) is 13.2. The molecule has 0 saturated heterocycles. The zero-order valence-corrected chi connectivity index (χ0v) is 16.4. The highest BCUT2D eigenvalue weighted by molar-refractivity contribution is 6.33. The molecule has 29 heavy (non-hydrogen) atoms. The molecule has 0 radical (unpaired) electrons. The van der Waals surface area contributed by atoms with E-state index in [1.807, 2.05) is 17.0 Å². The Morgan fingerprint density at radius 3 is 2.55 bits per heavy atom. The van der Waals surface area contributed by atoms with Crippen molar-refractivity contribution in [1.29, 1.82) is 5.26 Å². The van der Waals surface area contributed by atoms with Crippen molar-refractivity contribution >= 4 is 40.3 Å². The highest BCUT2D eigenvalue weighted by atomic mass is 35.5. The second-order valence-corrected chi connectivity index (χ2v) is 6.25. The number of carbonyl (C=O) groups excluding carboxylic acids is 1. The van der Waals surface area contributed by atoms with Gasteiger partial charge in [-0.25, -0.2) is 0 Å². The van der Waals surface area contributed by atoms with Crippen LogP contribution >= 0.6 is 11.6 Å². The molecule has 0 atom stereocenters. The van der Waals surface area contributed by atoms with E-state index < -0.39 is 4.92 Å². The number of hydrogen-bond acceptors (Lipinski definition) is 8. The fourth-order valence-electron chi connectivity index (χ4n) is 2.39. The first-order valence-corrected chi connectivity index (χ1v) is 8.99. The molecule has 0 amide bonds. The average Bonchev–Trinajstić information content (AvgIpc) is 2.69. The Kier molecular flexibility index (Phi) is 8.06. The molecule has 9 nitrogen and oxygen atoms in total. The number of nitro benzene ring substituents is 1. The molecule has 0 aliphatic heterocycles. The van der Waals surface area contributed by atoms with Gasteiger partial charge >= 0.3 is 5.97 Å². The molecule has 0 N–H and O–H groups in total. The number of nitro groups is 1. The number of nitrogens with zero attached hydrogens (tertiary/aromatic N) is 5. The van der Waals surface area contributed by atoms with E-state index in [1.54, 1.807) is 12.1 Å². The fraction of sp³-hybridized carbons (Fsp3) is 0.263. The first-order chi connectivity index (χ1) is 13.9. The van der Waals surface area contributed by atoms with E-state index in [0.717, 1.165) is 5.69 Å². The predicted molar refractivity (Wildman–Crippen MR) is 108 cm³/mol. The van der Waals surface area contributed by atoms with Crippen molar-refractivity contribution < 1.29 is 14.5 Å². The molecule has 0 aliphatic carbocycles. The molecule has 0 fully saturated rings. The quantitative estimate of drug-likeness (QED) is 0.247. The van der Waals surface area contributed by atoms with Crippen LogP contribution in [0.5, 0.6) is 0 Å². The molecule has 2 rings (SSSR count). The largest absolute Gasteiger partial charge is 0.464 e. The number of benzene rings is 2. The number of nitriles is 1. The van der Waals surface area contributed by atoms with Crippen molar-refractivity contribution in [2.24, 2.45) is 10.2 Å². The molecule has 2 aromatic carbocycles. The Morgan fingerprint density at radius 2 is 1.97 bits per heavy atom. The van der Waals surface area contributed by atoms with Gasteiger partial charge < -0.3 is 9.64 Å². The van der Waals surface area contributed by atoms with Crippen LogP contribution in [-0.4, -0.2) is 30.6 Å². The molecule has 150 valence electrons. The summed E-state index contributed by atoms with van der Waals surface area (Å²) in [4.78, 5) is 23.1. The molecule has 0 saturated carbocycles. The fourth-order valence-corrected chi connectivity index (χ4v) is 2.60. The lowest BCUT2D eigenvalue weighted by Crippen LogP contribution is -2.28. The van der Waals surface area contributed by atoms with Crippen LogP contribution in [-0.2, 0) is 9.53 Å². The zero-order valence-electron chi connectivity index (χ0n) is 15.6. The van der Waals surface area contributed by atoms with Gasteiger partial charge in [0.2, 0.25) is 0 Å². The summed E-state index contributed by atoms with van der Waals surface area (Å²) in [5.41, 5.74) is 1.60. The van der Waals surface area contributed by atoms with Crippen LogP contribution in [0.3, 0.4) is 0 Å². The SMILES string of the molecule is CC(=O)OCCN(CCC#N)c1ccc(/N=N/c2ccc([N+](=O)[O-])cc2Cl)cc1. The van der Waals surface area contributed by atoms with Crippen molar-refractivity contribution in [3.05, 3.63) is 57.6 Å². The van der Waals surface area contributed by atoms with Crippen LogP contribution in [0.15, 0.2) is 52.7 Å². The van der Waals surface area contributed by atoms with Gasteiger partial charge in [0.15, 0.2) is 0 Å². The van der Waals surface area contributed by atoms with Crippen LogP contribution in [0.25, 0.3) is 0 Å². The lowest BCUT2D eigenvalue weighted by Gasteiger charge is -2.23. The first-order valence-electron chi connectivity index (χ1n) is 8.61. The van der Waals surface area contributed by atoms with Crippen molar-refractivity contribution in [2.45, 2.75) is 13.3 Å². The van der Waals surface area contributed by atoms with Crippen molar-refractivity contribution in [1.82, 2.24) is 0 Å². The topological polar surface area (TPSA) is 121 Å². The molecule has 0 spiro atoms. The van der Waals surface area contributed by atoms with Gasteiger partial charge in [0.1, 0.15) is 12.3 Å². The van der Waals surface area contributed by atoms with E-state index in [0.29, 0.717) is 30.9 Å². The number of halogens is 1. The highest BCUT2D eigenvalue weighted by Crippen LogP contribution is 2.30. The molecule has 0 unspecified atom stereocenters. The molecule has 0 heterocycles. The molecule has 0 aliphatic rings. The van der Waals surface area contributed by atoms with Crippen LogP contribution in [0.4, 0.5) is 22.7 Å². The first kappa shape index (κ1) is 21.8. The third-order valence-electron chi connectivity index (χ3n) is 3.79. The lowest BCUT2D eigenvalue weighted by atomic mass is 10.2. The zero-order chi connectivity index (χ0) is 21.2. The number of esters is 1. The molecular weight excluding hydrogens is 398 g/mol. The minimum atomic E-state index is -0.537. The number of rotatable bonds is 9. The minimum absolute atomic E-state index is 0.121. The number of non-ortho nitro benzene ring substituents is 1. The van der Waals surface area contributed by atoms with Gasteiger partial charge in [0.05, 0.1) is 34.7 Å². The normalized spacial score (nSPS) is 10.5. The maximum Gasteiger partial charge on any atom is 0.302 e. The monoisotopic (exact) mass is 415 g/mol. The van der Waals surface area contributed by atoms with Crippen molar-refractivity contribution in [2.75, 3.05) is 24.6 Å². The Hall–Kier alpha value is -3.51. The van der Waals surface area contributed by atoms with Crippen LogP contribution in [0.2, 0.25) is 5.02 Å². The third-order valence-corrected chi connectivity index (χ3v) is 4.09. The molecule has 10 heteroatoms. The summed E-state index contributed by atoms with van der Waals surface area (Å²) in [5.74, 6) is -0.356. The molecular formula is C19H18ClN5O4. The Labute approximate surface area is 172 Å². The summed E-state index contributed by atoms with van der Waals surface area (Å²) >= 11 is 6.00. The highest BCUT2D eigenvalue weighted by Gasteiger charge is 2.10. The summed E-state index contributed by atoms with van der Waals surface area (Å²) < 4.78 is 4.97. The van der Waals surface area contributed by atoms with E-state index >= 15 is 0 Å². The second kappa shape index (κ2) is 10.7. The van der Waals surface area contributed by atoms with Crippen LogP contribution < -0.4 is 4.90 Å². The number of hydrogen-bond donors (Lipinski definition) is 0. The number of carbonyl (C=O) groups is 1. The maximum atomic E-state index is 10.9. The third kappa shape index (κ3) is 6.86. The smallest absolute Gasteiger partial charge is 0.302 e. The lowest BCUT2D eigenvalue weighted by molar-refractivity contribution is -0.384. The van der Waals surface area contributed by atoms with Gasteiger partial charge in [-0.3, -0.25) is 14.9 Å². The number of azo groups is 1. The Bertz CT molecular complexity index is 941. The Balaban J connectivity index is 2.09. The van der Waals surface area contributed by atoms with Gasteiger partial charge in [0.25, 0.3) is 5.69 Å². The Morgan fingerprint density at radius 1 is 1.24 bits per heavy atom. The standard InChI is InChI=1S/C19H18ClN5O4/c1-14(26)29-12-11-24(10-2-9-21)16-5-3-15(4-6-16)22-23-19-8-7-17(25(27)28)13-18(19)20/h3-8,13H,2,10-12H2,1H3/b23-22+. The molecule has 0 bridgehead atoms. The summed E-state index contributed by atoms with van der Waals surface area (Å²) in [6.07, 6.45) is 0.334. The van der Waals surface area contributed by atoms with E-state index in [2.05, 4.69) is 16.3 Å². The van der Waals surface area contributed by atoms with E-state index in [4.69, 9.17) is 21.6 Å². The van der Waals surface area contributed by atoms with Gasteiger partial charge in [-0.15, -0.1) is 5.11 Å². The summed E-state index contributed by atoms with van der Waals surface area (Å²) in [6.45, 7) is 2.52. The van der Waals surface area contributed by atoms with E-state index in [-0.39, 0.29) is 23.3 Å².